The third-order valence-electron chi connectivity index (χ3n) is 6.64. The van der Waals surface area contributed by atoms with Gasteiger partial charge in [0.05, 0.1) is 12.6 Å². The van der Waals surface area contributed by atoms with Gasteiger partial charge < -0.3 is 20.1 Å². The van der Waals surface area contributed by atoms with Gasteiger partial charge in [-0.25, -0.2) is 4.79 Å². The van der Waals surface area contributed by atoms with Crippen molar-refractivity contribution in [2.24, 2.45) is 4.99 Å². The van der Waals surface area contributed by atoms with Crippen molar-refractivity contribution in [3.05, 3.63) is 41.2 Å². The lowest BCUT2D eigenvalue weighted by Crippen LogP contribution is -2.48. The van der Waals surface area contributed by atoms with Crippen LogP contribution in [0.4, 0.5) is 11.4 Å². The third-order valence-corrected chi connectivity index (χ3v) is 6.64. The smallest absolute Gasteiger partial charge is 0.406 e. The zero-order valence-electron chi connectivity index (χ0n) is 21.6. The van der Waals surface area contributed by atoms with E-state index in [1.165, 1.54) is 0 Å². The monoisotopic (exact) mass is 494 g/mol. The Hall–Kier alpha value is -3.30. The Morgan fingerprint density at radius 3 is 2.75 bits per heavy atom. The minimum absolute atomic E-state index is 0.0375. The Morgan fingerprint density at radius 1 is 1.28 bits per heavy atom. The summed E-state index contributed by atoms with van der Waals surface area (Å²) in [5.41, 5.74) is 4.02. The number of hydrogen-bond donors (Lipinski definition) is 2. The number of nitrogens with one attached hydrogen (secondary N) is 2. The first-order chi connectivity index (χ1) is 17.4. The second-order valence-corrected chi connectivity index (χ2v) is 9.35. The molecule has 3 aliphatic heterocycles. The van der Waals surface area contributed by atoms with Crippen LogP contribution in [0.2, 0.25) is 0 Å². The van der Waals surface area contributed by atoms with Gasteiger partial charge in [-0.3, -0.25) is 14.7 Å². The maximum Gasteiger partial charge on any atom is 0.406 e. The summed E-state index contributed by atoms with van der Waals surface area (Å²) in [6, 6.07) is 5.81. The zero-order valence-corrected chi connectivity index (χ0v) is 21.6. The Bertz CT molecular complexity index is 1140. The fourth-order valence-electron chi connectivity index (χ4n) is 4.63. The first-order valence-corrected chi connectivity index (χ1v) is 12.6. The molecule has 1 amide bonds. The normalized spacial score (nSPS) is 20.3. The number of amides is 1. The van der Waals surface area contributed by atoms with Crippen molar-refractivity contribution >= 4 is 35.1 Å². The number of carbonyl (C=O) groups is 2. The maximum atomic E-state index is 12.7. The molecule has 0 aliphatic carbocycles. The number of ether oxygens (including phenoxy) is 2. The molecule has 2 N–H and O–H groups in total. The van der Waals surface area contributed by atoms with Crippen LogP contribution in [0.5, 0.6) is 5.75 Å². The summed E-state index contributed by atoms with van der Waals surface area (Å²) in [6.07, 6.45) is 5.42. The largest absolute Gasteiger partial charge is 0.476 e. The first-order valence-electron chi connectivity index (χ1n) is 12.6. The van der Waals surface area contributed by atoms with Crippen molar-refractivity contribution in [2.75, 3.05) is 45.3 Å². The van der Waals surface area contributed by atoms with Crippen LogP contribution in [0.1, 0.15) is 40.0 Å². The molecule has 1 saturated heterocycles. The number of fused-ring (bicyclic) bond motifs is 2. The number of aliphatic imine (C=N–C) groups is 1. The Morgan fingerprint density at radius 2 is 2.06 bits per heavy atom. The van der Waals surface area contributed by atoms with E-state index in [0.29, 0.717) is 50.1 Å². The summed E-state index contributed by atoms with van der Waals surface area (Å²) >= 11 is 0. The van der Waals surface area contributed by atoms with Crippen LogP contribution in [0.15, 0.2) is 46.2 Å². The van der Waals surface area contributed by atoms with Gasteiger partial charge in [0.25, 0.3) is 5.69 Å². The van der Waals surface area contributed by atoms with Crippen molar-refractivity contribution < 1.29 is 23.6 Å². The van der Waals surface area contributed by atoms with Gasteiger partial charge in [0.15, 0.2) is 12.4 Å². The van der Waals surface area contributed by atoms with Gasteiger partial charge in [-0.2, -0.15) is 0 Å². The Kier molecular flexibility index (Phi) is 8.32. The Labute approximate surface area is 212 Å². The van der Waals surface area contributed by atoms with E-state index < -0.39 is 0 Å². The topological polar surface area (TPSA) is 95.3 Å². The van der Waals surface area contributed by atoms with Gasteiger partial charge in [-0.1, -0.05) is 13.0 Å². The molecule has 3 heterocycles. The van der Waals surface area contributed by atoms with Crippen molar-refractivity contribution in [3.63, 3.8) is 0 Å². The number of carbonyl (C=O) groups excluding carboxylic acids is 2. The van der Waals surface area contributed by atoms with E-state index in [1.54, 1.807) is 11.5 Å². The third kappa shape index (κ3) is 5.74. The number of rotatable bonds is 7. The quantitative estimate of drug-likeness (QED) is 0.198. The van der Waals surface area contributed by atoms with Gasteiger partial charge in [0.1, 0.15) is 24.5 Å². The molecular formula is C27H36N5O4+. The standard InChI is InChI=1S/C27H35N5O4/c1-5-19(6-2)27(28-20-9-11-35-12-10-20)30-26(18(3)16-33)29-21-7-8-23-24(13-21)36-17-22-14-31(4)15-25(34)32(22)23/h5,7-8,13,16,20H,6,9-12,14-15,17H2,1-4H3,(H-,28,29,30,33)/p+1/b19-5+. The molecule has 0 atom stereocenters. The molecule has 0 saturated carbocycles. The molecule has 192 valence electrons. The van der Waals surface area contributed by atoms with E-state index in [4.69, 9.17) is 14.5 Å². The molecule has 36 heavy (non-hydrogen) atoms. The zero-order chi connectivity index (χ0) is 25.7. The van der Waals surface area contributed by atoms with Gasteiger partial charge in [0, 0.05) is 36.6 Å². The van der Waals surface area contributed by atoms with E-state index in [1.807, 2.05) is 43.1 Å². The van der Waals surface area contributed by atoms with E-state index >= 15 is 0 Å². The number of allylic oxidation sites excluding steroid dienone is 2. The number of hydrogen-bond acceptors (Lipinski definition) is 7. The SMILES string of the molecule is C/C=C(\CC)C(=NC1CCOCC1)N/C(Nc1ccc2c(c1)OCC1=[N+]2C(=O)CN(C)C1)=C(\C)C=O. The molecule has 1 aromatic carbocycles. The molecule has 1 aromatic rings. The molecule has 0 bridgehead atoms. The van der Waals surface area contributed by atoms with E-state index in [9.17, 15) is 9.59 Å². The number of nitrogens with zero attached hydrogens (tertiary/aromatic N) is 3. The highest BCUT2D eigenvalue weighted by Gasteiger charge is 2.38. The molecular weight excluding hydrogens is 458 g/mol. The molecule has 3 aliphatic rings. The summed E-state index contributed by atoms with van der Waals surface area (Å²) < 4.78 is 13.3. The second kappa shape index (κ2) is 11.6. The van der Waals surface area contributed by atoms with Gasteiger partial charge >= 0.3 is 5.91 Å². The maximum absolute atomic E-state index is 12.7. The molecule has 9 heteroatoms. The summed E-state index contributed by atoms with van der Waals surface area (Å²) in [6.45, 7) is 8.69. The van der Waals surface area contributed by atoms with Crippen LogP contribution < -0.4 is 15.4 Å². The minimum Gasteiger partial charge on any atom is -0.476 e. The molecule has 0 radical (unpaired) electrons. The van der Waals surface area contributed by atoms with Gasteiger partial charge in [-0.15, -0.1) is 4.58 Å². The predicted octanol–water partition coefficient (Wildman–Crippen LogP) is 3.00. The second-order valence-electron chi connectivity index (χ2n) is 9.35. The minimum atomic E-state index is 0.0375. The number of amidine groups is 1. The van der Waals surface area contributed by atoms with Gasteiger partial charge in [-0.05, 0) is 51.8 Å². The van der Waals surface area contributed by atoms with Crippen LogP contribution >= 0.6 is 0 Å². The fourth-order valence-corrected chi connectivity index (χ4v) is 4.63. The predicted molar refractivity (Wildman–Crippen MR) is 140 cm³/mol. The summed E-state index contributed by atoms with van der Waals surface area (Å²) in [5.74, 6) is 1.98. The average Bonchev–Trinajstić information content (AvgIpc) is 2.88. The number of likely N-dealkylation sites (N-methyl/N-ethyl adjacent to an activating group) is 1. The van der Waals surface area contributed by atoms with E-state index in [-0.39, 0.29) is 11.9 Å². The van der Waals surface area contributed by atoms with Crippen molar-refractivity contribution in [2.45, 2.75) is 46.1 Å². The molecule has 0 unspecified atom stereocenters. The van der Waals surface area contributed by atoms with Crippen LogP contribution in [-0.2, 0) is 14.3 Å². The van der Waals surface area contributed by atoms with E-state index in [0.717, 1.165) is 54.0 Å². The van der Waals surface area contributed by atoms with Crippen molar-refractivity contribution in [1.82, 2.24) is 10.2 Å². The van der Waals surface area contributed by atoms with E-state index in [2.05, 4.69) is 17.6 Å². The average molecular weight is 495 g/mol. The van der Waals surface area contributed by atoms with Crippen LogP contribution in [0, 0.1) is 0 Å². The highest BCUT2D eigenvalue weighted by Crippen LogP contribution is 2.34. The lowest BCUT2D eigenvalue weighted by Gasteiger charge is -2.25. The summed E-state index contributed by atoms with van der Waals surface area (Å²) in [7, 11) is 1.93. The van der Waals surface area contributed by atoms with Crippen LogP contribution in [-0.4, -0.2) is 79.2 Å². The lowest BCUT2D eigenvalue weighted by molar-refractivity contribution is -0.379. The van der Waals surface area contributed by atoms with Crippen LogP contribution in [0.3, 0.4) is 0 Å². The first kappa shape index (κ1) is 25.8. The molecule has 9 nitrogen and oxygen atoms in total. The number of aldehydes is 1. The summed E-state index contributed by atoms with van der Waals surface area (Å²) in [4.78, 5) is 31.5. The molecule has 0 spiro atoms. The lowest BCUT2D eigenvalue weighted by atomic mass is 10.1. The van der Waals surface area contributed by atoms with Crippen LogP contribution in [0.25, 0.3) is 0 Å². The fraction of sp³-hybridized carbons (Fsp3) is 0.481. The Balaban J connectivity index is 1.61. The highest BCUT2D eigenvalue weighted by atomic mass is 16.5. The van der Waals surface area contributed by atoms with Crippen molar-refractivity contribution in [3.8, 4) is 5.75 Å². The molecule has 4 rings (SSSR count). The number of anilines is 1. The highest BCUT2D eigenvalue weighted by molar-refractivity contribution is 6.00. The summed E-state index contributed by atoms with van der Waals surface area (Å²) in [5, 5.41) is 6.75. The van der Waals surface area contributed by atoms with Gasteiger partial charge in [0.2, 0.25) is 5.71 Å². The molecule has 1 fully saturated rings. The van der Waals surface area contributed by atoms with Crippen molar-refractivity contribution in [1.29, 1.82) is 0 Å². The molecule has 0 aromatic heterocycles. The number of benzene rings is 1.